The van der Waals surface area contributed by atoms with Crippen molar-refractivity contribution in [3.63, 3.8) is 0 Å². The Bertz CT molecular complexity index is 1920. The van der Waals surface area contributed by atoms with Crippen LogP contribution in [0, 0.1) is 5.92 Å². The number of benzene rings is 3. The van der Waals surface area contributed by atoms with Crippen molar-refractivity contribution in [1.29, 1.82) is 0 Å². The van der Waals surface area contributed by atoms with Crippen LogP contribution in [0.1, 0.15) is 25.6 Å². The number of carbonyl (C=O) groups is 3. The molecule has 0 spiro atoms. The van der Waals surface area contributed by atoms with Gasteiger partial charge in [-0.05, 0) is 54.6 Å². The van der Waals surface area contributed by atoms with Crippen molar-refractivity contribution in [1.82, 2.24) is 15.2 Å². The third-order valence-corrected chi connectivity index (χ3v) is 10.2. The lowest BCUT2D eigenvalue weighted by molar-refractivity contribution is -0.192. The number of hydrogen-bond donors (Lipinski definition) is 2. The van der Waals surface area contributed by atoms with Gasteiger partial charge in [0.15, 0.2) is 0 Å². The number of fused-ring (bicyclic) bond motifs is 2. The van der Waals surface area contributed by atoms with Gasteiger partial charge >= 0.3 is 12.1 Å². The molecule has 1 fully saturated rings. The predicted octanol–water partition coefficient (Wildman–Crippen LogP) is 4.54. The Morgan fingerprint density at radius 1 is 1.04 bits per heavy atom. The number of anilines is 1. The number of rotatable bonds is 7. The summed E-state index contributed by atoms with van der Waals surface area (Å²) >= 11 is 1.35. The van der Waals surface area contributed by atoms with E-state index in [-0.39, 0.29) is 58.8 Å². The van der Waals surface area contributed by atoms with Gasteiger partial charge in [-0.2, -0.15) is 13.2 Å². The molecule has 232 valence electrons. The second-order valence-electron chi connectivity index (χ2n) is 10.4. The highest BCUT2D eigenvalue weighted by atomic mass is 32.2. The van der Waals surface area contributed by atoms with Crippen molar-refractivity contribution in [3.8, 4) is 16.3 Å². The molecule has 0 radical (unpaired) electrons. The van der Waals surface area contributed by atoms with E-state index in [0.717, 1.165) is 15.3 Å². The SMILES string of the molecule is O=C(NCc1cnc(-c2ccc(OCC3CN(C(=O)C(F)(F)F)C3)cc2)s1)c1ccc2c(c1)NC(=O)c1ccccc1S2(=O)=O. The molecule has 0 unspecified atom stereocenters. The van der Waals surface area contributed by atoms with Crippen LogP contribution in [0.4, 0.5) is 18.9 Å². The Morgan fingerprint density at radius 3 is 2.51 bits per heavy atom. The molecule has 45 heavy (non-hydrogen) atoms. The zero-order valence-corrected chi connectivity index (χ0v) is 24.8. The fourth-order valence-corrected chi connectivity index (χ4v) is 7.37. The summed E-state index contributed by atoms with van der Waals surface area (Å²) in [5.74, 6) is -2.55. The van der Waals surface area contributed by atoms with E-state index in [0.29, 0.717) is 10.8 Å². The minimum absolute atomic E-state index is 0.00536. The first kappa shape index (κ1) is 30.3. The standard InChI is InChI=1S/C30H23F3N4O6S2/c31-30(32,33)29(40)37-14-17(15-37)16-43-20-8-5-18(6-9-20)28-35-13-21(44-28)12-34-26(38)19-7-10-25-23(11-19)36-27(39)22-3-1-2-4-24(22)45(25,41)42/h1-11,13,17H,12,14-16H2,(H,34,38)(H,36,39). The normalized spacial score (nSPS) is 15.6. The average Bonchev–Trinajstić information content (AvgIpc) is 3.45. The highest BCUT2D eigenvalue weighted by Gasteiger charge is 2.46. The molecular formula is C30H23F3N4O6S2. The first-order chi connectivity index (χ1) is 21.4. The van der Waals surface area contributed by atoms with Crippen LogP contribution in [-0.2, 0) is 21.2 Å². The highest BCUT2D eigenvalue weighted by Crippen LogP contribution is 2.34. The third kappa shape index (κ3) is 6.13. The minimum Gasteiger partial charge on any atom is -0.493 e. The van der Waals surface area contributed by atoms with Crippen LogP contribution in [0.3, 0.4) is 0 Å². The Balaban J connectivity index is 1.04. The van der Waals surface area contributed by atoms with Crippen molar-refractivity contribution in [2.45, 2.75) is 22.5 Å². The molecule has 15 heteroatoms. The van der Waals surface area contributed by atoms with Crippen molar-refractivity contribution < 1.29 is 40.7 Å². The zero-order valence-electron chi connectivity index (χ0n) is 23.1. The van der Waals surface area contributed by atoms with E-state index in [4.69, 9.17) is 4.74 Å². The van der Waals surface area contributed by atoms with E-state index in [1.807, 2.05) is 0 Å². The largest absolute Gasteiger partial charge is 0.493 e. The number of alkyl halides is 3. The number of aromatic nitrogens is 1. The summed E-state index contributed by atoms with van der Waals surface area (Å²) < 4.78 is 69.5. The first-order valence-corrected chi connectivity index (χ1v) is 15.8. The minimum atomic E-state index is -4.87. The van der Waals surface area contributed by atoms with E-state index < -0.39 is 33.7 Å². The summed E-state index contributed by atoms with van der Waals surface area (Å²) in [6, 6.07) is 16.9. The van der Waals surface area contributed by atoms with Crippen molar-refractivity contribution >= 4 is 44.6 Å². The molecule has 0 bridgehead atoms. The van der Waals surface area contributed by atoms with Gasteiger partial charge in [-0.3, -0.25) is 14.4 Å². The molecule has 3 aromatic carbocycles. The van der Waals surface area contributed by atoms with E-state index >= 15 is 0 Å². The van der Waals surface area contributed by atoms with Crippen LogP contribution < -0.4 is 15.4 Å². The first-order valence-electron chi connectivity index (χ1n) is 13.5. The van der Waals surface area contributed by atoms with Crippen LogP contribution >= 0.6 is 11.3 Å². The Morgan fingerprint density at radius 2 is 1.78 bits per heavy atom. The Hall–Kier alpha value is -4.76. The molecule has 10 nitrogen and oxygen atoms in total. The number of likely N-dealkylation sites (tertiary alicyclic amines) is 1. The summed E-state index contributed by atoms with van der Waals surface area (Å²) in [5, 5.41) is 6.06. The van der Waals surface area contributed by atoms with Crippen LogP contribution in [0.25, 0.3) is 10.6 Å². The van der Waals surface area contributed by atoms with Gasteiger partial charge in [0.2, 0.25) is 9.84 Å². The number of hydrogen-bond acceptors (Lipinski definition) is 8. The maximum atomic E-state index is 13.2. The summed E-state index contributed by atoms with van der Waals surface area (Å²) in [4.78, 5) is 42.5. The van der Waals surface area contributed by atoms with Gasteiger partial charge in [-0.15, -0.1) is 11.3 Å². The molecule has 3 heterocycles. The van der Waals surface area contributed by atoms with Gasteiger partial charge in [0.25, 0.3) is 11.8 Å². The summed E-state index contributed by atoms with van der Waals surface area (Å²) in [6.45, 7) is 0.325. The lowest BCUT2D eigenvalue weighted by Crippen LogP contribution is -2.55. The monoisotopic (exact) mass is 656 g/mol. The van der Waals surface area contributed by atoms with Crippen LogP contribution in [0.2, 0.25) is 0 Å². The number of sulfone groups is 1. The average molecular weight is 657 g/mol. The lowest BCUT2D eigenvalue weighted by Gasteiger charge is -2.39. The number of thiazole rings is 1. The molecule has 0 saturated carbocycles. The van der Waals surface area contributed by atoms with Gasteiger partial charge in [-0.25, -0.2) is 13.4 Å². The van der Waals surface area contributed by atoms with E-state index in [1.54, 1.807) is 36.5 Å². The molecule has 2 aliphatic rings. The van der Waals surface area contributed by atoms with Gasteiger partial charge in [-0.1, -0.05) is 12.1 Å². The summed E-state index contributed by atoms with van der Waals surface area (Å²) in [7, 11) is -3.99. The molecule has 0 aliphatic carbocycles. The Kier molecular flexibility index (Phi) is 7.82. The number of halogens is 3. The molecule has 1 aromatic heterocycles. The van der Waals surface area contributed by atoms with E-state index in [2.05, 4.69) is 15.6 Å². The maximum absolute atomic E-state index is 13.2. The number of amides is 3. The second kappa shape index (κ2) is 11.6. The topological polar surface area (TPSA) is 135 Å². The van der Waals surface area contributed by atoms with Crippen LogP contribution in [-0.4, -0.2) is 61.9 Å². The van der Waals surface area contributed by atoms with Gasteiger partial charge in [0.1, 0.15) is 10.8 Å². The molecular weight excluding hydrogens is 633 g/mol. The lowest BCUT2D eigenvalue weighted by atomic mass is 10.0. The molecule has 1 saturated heterocycles. The van der Waals surface area contributed by atoms with Gasteiger partial charge in [0, 0.05) is 41.2 Å². The maximum Gasteiger partial charge on any atom is 0.471 e. The molecule has 2 aliphatic heterocycles. The Labute approximate surface area is 258 Å². The zero-order chi connectivity index (χ0) is 31.9. The fraction of sp³-hybridized carbons (Fsp3) is 0.200. The van der Waals surface area contributed by atoms with E-state index in [1.165, 1.54) is 47.7 Å². The predicted molar refractivity (Wildman–Crippen MR) is 157 cm³/mol. The molecule has 0 atom stereocenters. The highest BCUT2D eigenvalue weighted by molar-refractivity contribution is 7.91. The van der Waals surface area contributed by atoms with Crippen LogP contribution in [0.15, 0.2) is 82.7 Å². The van der Waals surface area contributed by atoms with Crippen LogP contribution in [0.5, 0.6) is 5.75 Å². The summed E-state index contributed by atoms with van der Waals surface area (Å²) in [6.07, 6.45) is -3.25. The molecule has 4 aromatic rings. The number of nitrogens with zero attached hydrogens (tertiary/aromatic N) is 2. The molecule has 3 amide bonds. The molecule has 2 N–H and O–H groups in total. The third-order valence-electron chi connectivity index (χ3n) is 7.25. The van der Waals surface area contributed by atoms with Crippen molar-refractivity contribution in [3.05, 3.63) is 88.9 Å². The number of carbonyl (C=O) groups excluding carboxylic acids is 3. The van der Waals surface area contributed by atoms with Crippen molar-refractivity contribution in [2.24, 2.45) is 5.92 Å². The molecule has 6 rings (SSSR count). The number of ether oxygens (including phenoxy) is 1. The van der Waals surface area contributed by atoms with E-state index in [9.17, 15) is 36.0 Å². The summed E-state index contributed by atoms with van der Waals surface area (Å²) in [5.41, 5.74) is 0.994. The van der Waals surface area contributed by atoms with Crippen molar-refractivity contribution in [2.75, 3.05) is 25.0 Å². The quantitative estimate of drug-likeness (QED) is 0.298. The number of nitrogens with one attached hydrogen (secondary N) is 2. The second-order valence-corrected chi connectivity index (χ2v) is 13.4. The smallest absolute Gasteiger partial charge is 0.471 e. The van der Waals surface area contributed by atoms with Gasteiger partial charge < -0.3 is 20.3 Å². The fourth-order valence-electron chi connectivity index (χ4n) is 4.92. The van der Waals surface area contributed by atoms with Gasteiger partial charge in [0.05, 0.1) is 34.2 Å².